The minimum Gasteiger partial charge on any atom is -0.466 e. The van der Waals surface area contributed by atoms with E-state index in [1.54, 1.807) is 0 Å². The maximum absolute atomic E-state index is 11.3. The smallest absolute Gasteiger partial charge is 0.305 e. The lowest BCUT2D eigenvalue weighted by Crippen LogP contribution is -2.05. The lowest BCUT2D eigenvalue weighted by molar-refractivity contribution is -0.144. The van der Waals surface area contributed by atoms with E-state index >= 15 is 0 Å². The number of hydrogen-bond acceptors (Lipinski definition) is 4. The van der Waals surface area contributed by atoms with Gasteiger partial charge in [0.15, 0.2) is 0 Å². The van der Waals surface area contributed by atoms with Crippen molar-refractivity contribution < 1.29 is 19.1 Å². The number of cyclic esters (lactones) is 1. The van der Waals surface area contributed by atoms with Gasteiger partial charge in [0, 0.05) is 12.8 Å². The first kappa shape index (κ1) is 40.0. The van der Waals surface area contributed by atoms with Crippen LogP contribution in [0.1, 0.15) is 155 Å². The summed E-state index contributed by atoms with van der Waals surface area (Å²) in [6, 6.07) is 0. The zero-order valence-electron chi connectivity index (χ0n) is 26.5. The summed E-state index contributed by atoms with van der Waals surface area (Å²) in [4.78, 5) is 22.6. The molecule has 0 N–H and O–H groups in total. The summed E-state index contributed by atoms with van der Waals surface area (Å²) >= 11 is 0. The number of ether oxygens (including phenoxy) is 2. The van der Waals surface area contributed by atoms with Crippen LogP contribution in [0.3, 0.4) is 0 Å². The molecule has 0 amide bonds. The molecule has 0 spiro atoms. The van der Waals surface area contributed by atoms with Gasteiger partial charge in [-0.2, -0.15) is 0 Å². The molecule has 1 rings (SSSR count). The number of rotatable bonds is 14. The number of carbonyl (C=O) groups excluding carboxylic acids is 2. The molecule has 4 heteroatoms. The van der Waals surface area contributed by atoms with E-state index in [-0.39, 0.29) is 11.9 Å². The van der Waals surface area contributed by atoms with E-state index in [1.807, 2.05) is 38.2 Å². The van der Waals surface area contributed by atoms with Gasteiger partial charge in [0.1, 0.15) is 0 Å². The van der Waals surface area contributed by atoms with Crippen LogP contribution in [0, 0.1) is 0 Å². The second-order valence-corrected chi connectivity index (χ2v) is 10.5. The second kappa shape index (κ2) is 36.9. The Morgan fingerprint density at radius 1 is 0.750 bits per heavy atom. The number of unbranched alkanes of at least 4 members (excludes halogenated alkanes) is 8. The second-order valence-electron chi connectivity index (χ2n) is 10.5. The summed E-state index contributed by atoms with van der Waals surface area (Å²) in [5, 5.41) is 0. The number of esters is 2. The zero-order valence-corrected chi connectivity index (χ0v) is 26.5. The van der Waals surface area contributed by atoms with Gasteiger partial charge in [-0.25, -0.2) is 0 Å². The largest absolute Gasteiger partial charge is 0.466 e. The Hall–Kier alpha value is -2.10. The highest BCUT2D eigenvalue weighted by atomic mass is 16.5. The molecule has 0 aliphatic carbocycles. The van der Waals surface area contributed by atoms with Crippen LogP contribution in [-0.2, 0) is 19.1 Å². The van der Waals surface area contributed by atoms with E-state index in [9.17, 15) is 9.59 Å². The first-order valence-electron chi connectivity index (χ1n) is 16.4. The summed E-state index contributed by atoms with van der Waals surface area (Å²) in [5.41, 5.74) is 0. The number of allylic oxidation sites excluding steroid dienone is 6. The molecule has 0 aromatic carbocycles. The minimum absolute atomic E-state index is 0.0227. The molecule has 0 radical (unpaired) electrons. The topological polar surface area (TPSA) is 52.6 Å². The van der Waals surface area contributed by atoms with Crippen molar-refractivity contribution in [1.29, 1.82) is 0 Å². The highest BCUT2D eigenvalue weighted by Crippen LogP contribution is 2.11. The Balaban J connectivity index is 0. The molecule has 0 unspecified atom stereocenters. The fourth-order valence-electron chi connectivity index (χ4n) is 4.03. The van der Waals surface area contributed by atoms with E-state index in [2.05, 4.69) is 25.3 Å². The van der Waals surface area contributed by atoms with Gasteiger partial charge >= 0.3 is 11.9 Å². The van der Waals surface area contributed by atoms with Crippen LogP contribution >= 0.6 is 0 Å². The van der Waals surface area contributed by atoms with E-state index in [0.717, 1.165) is 44.9 Å². The first-order chi connectivity index (χ1) is 19.6. The van der Waals surface area contributed by atoms with Crippen molar-refractivity contribution in [2.24, 2.45) is 0 Å². The Kier molecular flexibility index (Phi) is 36.9. The van der Waals surface area contributed by atoms with Crippen LogP contribution in [0.4, 0.5) is 0 Å². The fourth-order valence-corrected chi connectivity index (χ4v) is 4.03. The van der Waals surface area contributed by atoms with Crippen molar-refractivity contribution in [1.82, 2.24) is 0 Å². The molecule has 0 saturated heterocycles. The van der Waals surface area contributed by atoms with Crippen molar-refractivity contribution in [3.05, 3.63) is 49.6 Å². The maximum atomic E-state index is 11.3. The number of hydrogen-bond donors (Lipinski definition) is 0. The Bertz CT molecular complexity index is 616. The van der Waals surface area contributed by atoms with Crippen LogP contribution in [0.5, 0.6) is 0 Å². The molecular formula is C36H64O4. The number of carbonyl (C=O) groups is 2. The molecule has 0 bridgehead atoms. The summed E-state index contributed by atoms with van der Waals surface area (Å²) in [6.45, 7) is 12.6. The Labute approximate surface area is 248 Å². The molecule has 4 nitrogen and oxygen atoms in total. The van der Waals surface area contributed by atoms with Crippen molar-refractivity contribution in [3.8, 4) is 0 Å². The van der Waals surface area contributed by atoms with Gasteiger partial charge in [-0.1, -0.05) is 101 Å². The summed E-state index contributed by atoms with van der Waals surface area (Å²) in [7, 11) is 0. The van der Waals surface area contributed by atoms with Crippen LogP contribution in [0.25, 0.3) is 0 Å². The molecule has 1 heterocycles. The van der Waals surface area contributed by atoms with Gasteiger partial charge in [0.2, 0.25) is 0 Å². The molecule has 0 atom stereocenters. The highest BCUT2D eigenvalue weighted by Gasteiger charge is 2.02. The summed E-state index contributed by atoms with van der Waals surface area (Å²) < 4.78 is 10.3. The molecule has 1 aliphatic heterocycles. The van der Waals surface area contributed by atoms with Crippen molar-refractivity contribution in [2.75, 3.05) is 13.2 Å². The van der Waals surface area contributed by atoms with E-state index in [0.29, 0.717) is 26.1 Å². The lowest BCUT2D eigenvalue weighted by atomic mass is 10.1. The molecule has 0 aromatic heterocycles. The van der Waals surface area contributed by atoms with E-state index in [1.165, 1.54) is 83.5 Å². The van der Waals surface area contributed by atoms with Crippen LogP contribution in [0.2, 0.25) is 0 Å². The SMILES string of the molecule is C/C=C\C.C=CCCCCCCCCCOC(=O)CCCC=C.O=C1CCC/C=C\CCCCCCCCCO1. The Morgan fingerprint density at radius 3 is 1.90 bits per heavy atom. The quantitative estimate of drug-likeness (QED) is 0.120. The average molecular weight is 561 g/mol. The Morgan fingerprint density at radius 2 is 1.27 bits per heavy atom. The van der Waals surface area contributed by atoms with Gasteiger partial charge in [0.25, 0.3) is 0 Å². The first-order valence-corrected chi connectivity index (χ1v) is 16.4. The van der Waals surface area contributed by atoms with Gasteiger partial charge in [-0.15, -0.1) is 13.2 Å². The molecule has 1 aliphatic rings. The van der Waals surface area contributed by atoms with Gasteiger partial charge in [0.05, 0.1) is 13.2 Å². The van der Waals surface area contributed by atoms with Gasteiger partial charge < -0.3 is 9.47 Å². The monoisotopic (exact) mass is 560 g/mol. The predicted octanol–water partition coefficient (Wildman–Crippen LogP) is 11.2. The normalized spacial score (nSPS) is 15.9. The lowest BCUT2D eigenvalue weighted by Gasteiger charge is -2.05. The zero-order chi connectivity index (χ0) is 29.8. The van der Waals surface area contributed by atoms with Crippen LogP contribution in [-0.4, -0.2) is 25.2 Å². The van der Waals surface area contributed by atoms with E-state index < -0.39 is 0 Å². The molecule has 40 heavy (non-hydrogen) atoms. The molecule has 232 valence electrons. The minimum atomic E-state index is -0.0636. The van der Waals surface area contributed by atoms with Crippen LogP contribution < -0.4 is 0 Å². The molecule has 0 saturated carbocycles. The fraction of sp³-hybridized carbons (Fsp3) is 0.722. The standard InChI is InChI=1S/C17H30O2.C15H26O2.C4H8/c1-3-5-7-8-9-10-11-12-14-16-19-17(18)15-13-6-4-2;16-15-13-11-9-7-5-3-1-2-4-6-8-10-12-14-17-15;1-3-4-2/h3-4H,1-2,5-16H2;5,7H,1-4,6,8-14H2;3-4H,1-2H3/b;7-5-;4-3-. The molecule has 0 aromatic rings. The van der Waals surface area contributed by atoms with Crippen molar-refractivity contribution >= 4 is 11.9 Å². The van der Waals surface area contributed by atoms with Crippen LogP contribution in [0.15, 0.2) is 49.6 Å². The summed E-state index contributed by atoms with van der Waals surface area (Å²) in [5.74, 6) is -0.0863. The molecular weight excluding hydrogens is 496 g/mol. The average Bonchev–Trinajstić information content (AvgIpc) is 2.96. The van der Waals surface area contributed by atoms with E-state index in [4.69, 9.17) is 9.47 Å². The van der Waals surface area contributed by atoms with Gasteiger partial charge in [-0.3, -0.25) is 9.59 Å². The summed E-state index contributed by atoms with van der Waals surface area (Å²) in [6.07, 6.45) is 36.9. The van der Waals surface area contributed by atoms with Crippen molar-refractivity contribution in [3.63, 3.8) is 0 Å². The van der Waals surface area contributed by atoms with Crippen molar-refractivity contribution in [2.45, 2.75) is 155 Å². The highest BCUT2D eigenvalue weighted by molar-refractivity contribution is 5.69. The maximum Gasteiger partial charge on any atom is 0.305 e. The third kappa shape index (κ3) is 38.0. The van der Waals surface area contributed by atoms with Gasteiger partial charge in [-0.05, 0) is 78.1 Å². The third-order valence-corrected chi connectivity index (χ3v) is 6.63. The molecule has 0 fully saturated rings. The third-order valence-electron chi connectivity index (χ3n) is 6.63. The predicted molar refractivity (Wildman–Crippen MR) is 174 cm³/mol.